The van der Waals surface area contributed by atoms with E-state index in [2.05, 4.69) is 26.6 Å². The van der Waals surface area contributed by atoms with E-state index in [1.54, 1.807) is 12.1 Å². The normalized spacial score (nSPS) is 10.1. The number of hydrogen-bond donors (Lipinski definition) is 2. The van der Waals surface area contributed by atoms with Crippen molar-refractivity contribution in [2.24, 2.45) is 0 Å². The summed E-state index contributed by atoms with van der Waals surface area (Å²) >= 11 is 3.41. The largest absolute Gasteiger partial charge is 0.356 e. The van der Waals surface area contributed by atoms with Gasteiger partial charge in [-0.3, -0.25) is 4.79 Å². The molecule has 0 aromatic heterocycles. The third kappa shape index (κ3) is 4.20. The van der Waals surface area contributed by atoms with Crippen LogP contribution in [0.25, 0.3) is 0 Å². The first-order valence-corrected chi connectivity index (χ1v) is 7.99. The number of carbonyl (C=O) groups excluding carboxylic acids is 1. The van der Waals surface area contributed by atoms with Crippen LogP contribution in [0.2, 0.25) is 0 Å². The summed E-state index contributed by atoms with van der Waals surface area (Å²) in [6.45, 7) is 0. The Morgan fingerprint density at radius 3 is 1.83 bits per heavy atom. The molecule has 3 aromatic rings. The summed E-state index contributed by atoms with van der Waals surface area (Å²) in [5.74, 6) is -0.112. The molecule has 0 atom stereocenters. The highest BCUT2D eigenvalue weighted by Gasteiger charge is 2.04. The molecule has 114 valence electrons. The van der Waals surface area contributed by atoms with Crippen molar-refractivity contribution in [1.29, 1.82) is 0 Å². The van der Waals surface area contributed by atoms with Gasteiger partial charge in [0.2, 0.25) is 0 Å². The molecule has 23 heavy (non-hydrogen) atoms. The van der Waals surface area contributed by atoms with E-state index in [9.17, 15) is 4.79 Å². The fourth-order valence-electron chi connectivity index (χ4n) is 2.13. The van der Waals surface area contributed by atoms with Crippen LogP contribution in [0, 0.1) is 0 Å². The predicted octanol–water partition coefficient (Wildman–Crippen LogP) is 5.45. The fraction of sp³-hybridized carbons (Fsp3) is 0. The molecule has 0 unspecified atom stereocenters. The molecule has 3 aromatic carbocycles. The molecule has 0 bridgehead atoms. The molecule has 0 saturated heterocycles. The number of anilines is 3. The molecule has 3 nitrogen and oxygen atoms in total. The number of carbonyl (C=O) groups is 1. The molecule has 0 heterocycles. The lowest BCUT2D eigenvalue weighted by atomic mass is 10.2. The Morgan fingerprint density at radius 2 is 1.22 bits per heavy atom. The number of rotatable bonds is 4. The Bertz CT molecular complexity index is 784. The van der Waals surface area contributed by atoms with Crippen LogP contribution in [0.1, 0.15) is 10.4 Å². The van der Waals surface area contributed by atoms with Gasteiger partial charge in [0.15, 0.2) is 0 Å². The number of benzene rings is 3. The predicted molar refractivity (Wildman–Crippen MR) is 98.3 cm³/mol. The first kappa shape index (κ1) is 15.3. The van der Waals surface area contributed by atoms with Crippen molar-refractivity contribution in [1.82, 2.24) is 0 Å². The van der Waals surface area contributed by atoms with Crippen LogP contribution in [-0.4, -0.2) is 5.91 Å². The smallest absolute Gasteiger partial charge is 0.255 e. The second kappa shape index (κ2) is 7.11. The highest BCUT2D eigenvalue weighted by molar-refractivity contribution is 9.10. The minimum absolute atomic E-state index is 0.112. The minimum Gasteiger partial charge on any atom is -0.356 e. The van der Waals surface area contributed by atoms with Crippen molar-refractivity contribution < 1.29 is 4.79 Å². The molecule has 4 heteroatoms. The van der Waals surface area contributed by atoms with E-state index in [0.29, 0.717) is 5.56 Å². The van der Waals surface area contributed by atoms with Gasteiger partial charge in [0.05, 0.1) is 0 Å². The molecule has 0 aliphatic rings. The summed E-state index contributed by atoms with van der Waals surface area (Å²) in [6.07, 6.45) is 0. The topological polar surface area (TPSA) is 41.1 Å². The molecule has 3 rings (SSSR count). The van der Waals surface area contributed by atoms with Gasteiger partial charge < -0.3 is 10.6 Å². The van der Waals surface area contributed by atoms with Crippen molar-refractivity contribution in [2.45, 2.75) is 0 Å². The van der Waals surface area contributed by atoms with E-state index >= 15 is 0 Å². The van der Waals surface area contributed by atoms with Crippen LogP contribution < -0.4 is 10.6 Å². The van der Waals surface area contributed by atoms with E-state index in [1.165, 1.54) is 0 Å². The van der Waals surface area contributed by atoms with Crippen LogP contribution in [0.15, 0.2) is 83.3 Å². The molecule has 0 aliphatic carbocycles. The Morgan fingerprint density at radius 1 is 0.696 bits per heavy atom. The quantitative estimate of drug-likeness (QED) is 0.644. The van der Waals surface area contributed by atoms with Gasteiger partial charge >= 0.3 is 0 Å². The molecule has 0 fully saturated rings. The Kier molecular flexibility index (Phi) is 4.74. The average Bonchev–Trinajstić information content (AvgIpc) is 2.59. The van der Waals surface area contributed by atoms with Gasteiger partial charge in [0.25, 0.3) is 5.91 Å². The number of nitrogens with one attached hydrogen (secondary N) is 2. The maximum Gasteiger partial charge on any atom is 0.255 e. The van der Waals surface area contributed by atoms with Gasteiger partial charge in [-0.2, -0.15) is 0 Å². The lowest BCUT2D eigenvalue weighted by Crippen LogP contribution is -2.11. The van der Waals surface area contributed by atoms with Crippen LogP contribution in [0.3, 0.4) is 0 Å². The zero-order chi connectivity index (χ0) is 16.1. The maximum atomic E-state index is 12.1. The van der Waals surface area contributed by atoms with Gasteiger partial charge in [0.1, 0.15) is 0 Å². The SMILES string of the molecule is O=C(Nc1ccc(Nc2ccc(Br)cc2)cc1)c1ccccc1. The van der Waals surface area contributed by atoms with Crippen molar-refractivity contribution >= 4 is 38.9 Å². The first-order valence-electron chi connectivity index (χ1n) is 7.20. The van der Waals surface area contributed by atoms with E-state index < -0.39 is 0 Å². The third-order valence-corrected chi connectivity index (χ3v) is 3.84. The van der Waals surface area contributed by atoms with Gasteiger partial charge in [-0.25, -0.2) is 0 Å². The summed E-state index contributed by atoms with van der Waals surface area (Å²) in [5.41, 5.74) is 3.38. The average molecular weight is 367 g/mol. The minimum atomic E-state index is -0.112. The van der Waals surface area contributed by atoms with Gasteiger partial charge in [-0.05, 0) is 60.7 Å². The van der Waals surface area contributed by atoms with Crippen molar-refractivity contribution in [3.8, 4) is 0 Å². The molecule has 0 saturated carbocycles. The lowest BCUT2D eigenvalue weighted by molar-refractivity contribution is 0.102. The summed E-state index contributed by atoms with van der Waals surface area (Å²) in [4.78, 5) is 12.1. The second-order valence-electron chi connectivity index (χ2n) is 5.03. The van der Waals surface area contributed by atoms with Gasteiger partial charge in [0, 0.05) is 27.1 Å². The zero-order valence-electron chi connectivity index (χ0n) is 12.3. The highest BCUT2D eigenvalue weighted by Crippen LogP contribution is 2.21. The van der Waals surface area contributed by atoms with Crippen molar-refractivity contribution in [3.63, 3.8) is 0 Å². The van der Waals surface area contributed by atoms with Crippen LogP contribution in [0.4, 0.5) is 17.1 Å². The second-order valence-corrected chi connectivity index (χ2v) is 5.95. The molecule has 0 radical (unpaired) electrons. The third-order valence-electron chi connectivity index (χ3n) is 3.31. The standard InChI is InChI=1S/C19H15BrN2O/c20-15-6-8-16(9-7-15)21-17-10-12-18(13-11-17)22-19(23)14-4-2-1-3-5-14/h1-13,21H,(H,22,23). The molecule has 0 spiro atoms. The Balaban J connectivity index is 1.65. The van der Waals surface area contributed by atoms with Gasteiger partial charge in [-0.15, -0.1) is 0 Å². The highest BCUT2D eigenvalue weighted by atomic mass is 79.9. The molecular weight excluding hydrogens is 352 g/mol. The summed E-state index contributed by atoms with van der Waals surface area (Å²) in [5, 5.41) is 6.19. The Hall–Kier alpha value is -2.59. The first-order chi connectivity index (χ1) is 11.2. The molecule has 2 N–H and O–H groups in total. The molecule has 1 amide bonds. The van der Waals surface area contributed by atoms with E-state index in [0.717, 1.165) is 21.5 Å². The Labute approximate surface area is 143 Å². The number of hydrogen-bond acceptors (Lipinski definition) is 2. The summed E-state index contributed by atoms with van der Waals surface area (Å²) in [7, 11) is 0. The van der Waals surface area contributed by atoms with E-state index in [4.69, 9.17) is 0 Å². The van der Waals surface area contributed by atoms with Crippen molar-refractivity contribution in [3.05, 3.63) is 88.9 Å². The van der Waals surface area contributed by atoms with E-state index in [1.807, 2.05) is 66.7 Å². The fourth-order valence-corrected chi connectivity index (χ4v) is 2.39. The maximum absolute atomic E-state index is 12.1. The zero-order valence-corrected chi connectivity index (χ0v) is 13.9. The van der Waals surface area contributed by atoms with Crippen molar-refractivity contribution in [2.75, 3.05) is 10.6 Å². The molecular formula is C19H15BrN2O. The molecule has 0 aliphatic heterocycles. The van der Waals surface area contributed by atoms with E-state index in [-0.39, 0.29) is 5.91 Å². The monoisotopic (exact) mass is 366 g/mol. The summed E-state index contributed by atoms with van der Waals surface area (Å²) < 4.78 is 1.04. The lowest BCUT2D eigenvalue weighted by Gasteiger charge is -2.09. The van der Waals surface area contributed by atoms with Gasteiger partial charge in [-0.1, -0.05) is 34.1 Å². The number of halogens is 1. The van der Waals surface area contributed by atoms with Crippen LogP contribution in [0.5, 0.6) is 0 Å². The number of amides is 1. The van der Waals surface area contributed by atoms with Crippen LogP contribution in [-0.2, 0) is 0 Å². The van der Waals surface area contributed by atoms with Crippen LogP contribution >= 0.6 is 15.9 Å². The summed E-state index contributed by atoms with van der Waals surface area (Å²) in [6, 6.07) is 24.7.